The molecule has 1 unspecified atom stereocenters. The topological polar surface area (TPSA) is 73.6 Å². The first-order valence-electron chi connectivity index (χ1n) is 4.86. The second-order valence-corrected chi connectivity index (χ2v) is 3.34. The molecule has 0 heterocycles. The number of hydrogen-bond acceptors (Lipinski definition) is 3. The van der Waals surface area contributed by atoms with Gasteiger partial charge in [-0.3, -0.25) is 0 Å². The minimum Gasteiger partial charge on any atom is -0.493 e. The van der Waals surface area contributed by atoms with Crippen molar-refractivity contribution in [1.29, 1.82) is 0 Å². The highest BCUT2D eigenvalue weighted by atomic mass is 16.5. The molecule has 0 radical (unpaired) electrons. The van der Waals surface area contributed by atoms with Gasteiger partial charge in [-0.2, -0.15) is 0 Å². The van der Waals surface area contributed by atoms with Gasteiger partial charge in [0.1, 0.15) is 0 Å². The Morgan fingerprint density at radius 2 is 1.94 bits per heavy atom. The molecule has 5 heteroatoms. The summed E-state index contributed by atoms with van der Waals surface area (Å²) in [5, 5.41) is 2.59. The number of nitrogens with one attached hydrogen (secondary N) is 1. The van der Waals surface area contributed by atoms with Gasteiger partial charge in [0.15, 0.2) is 11.5 Å². The van der Waals surface area contributed by atoms with Crippen molar-refractivity contribution >= 4 is 6.03 Å². The number of nitrogens with two attached hydrogens (primary N) is 1. The number of urea groups is 1. The summed E-state index contributed by atoms with van der Waals surface area (Å²) in [5.74, 6) is 1.27. The summed E-state index contributed by atoms with van der Waals surface area (Å²) in [7, 11) is 3.14. The summed E-state index contributed by atoms with van der Waals surface area (Å²) >= 11 is 0. The van der Waals surface area contributed by atoms with E-state index in [1.807, 2.05) is 13.0 Å². The Bertz CT molecular complexity index is 379. The number of methoxy groups -OCH3 is 2. The Morgan fingerprint density at radius 1 is 1.31 bits per heavy atom. The smallest absolute Gasteiger partial charge is 0.312 e. The van der Waals surface area contributed by atoms with Gasteiger partial charge in [0, 0.05) is 0 Å². The van der Waals surface area contributed by atoms with Crippen LogP contribution in [-0.4, -0.2) is 20.3 Å². The Morgan fingerprint density at radius 3 is 2.44 bits per heavy atom. The highest BCUT2D eigenvalue weighted by Crippen LogP contribution is 2.29. The van der Waals surface area contributed by atoms with Gasteiger partial charge in [0.05, 0.1) is 20.3 Å². The van der Waals surface area contributed by atoms with Gasteiger partial charge in [0.2, 0.25) is 0 Å². The van der Waals surface area contributed by atoms with E-state index < -0.39 is 6.03 Å². The molecule has 0 bridgehead atoms. The molecular formula is C11H16N2O3. The van der Waals surface area contributed by atoms with Crippen molar-refractivity contribution in [1.82, 2.24) is 5.32 Å². The van der Waals surface area contributed by atoms with Crippen LogP contribution in [0.5, 0.6) is 11.5 Å². The molecule has 0 saturated heterocycles. The highest BCUT2D eigenvalue weighted by Gasteiger charge is 2.10. The molecule has 5 nitrogen and oxygen atoms in total. The van der Waals surface area contributed by atoms with E-state index in [1.54, 1.807) is 26.4 Å². The molecule has 1 rings (SSSR count). The monoisotopic (exact) mass is 224 g/mol. The molecule has 88 valence electrons. The minimum atomic E-state index is -0.553. The third kappa shape index (κ3) is 2.79. The van der Waals surface area contributed by atoms with Crippen LogP contribution < -0.4 is 20.5 Å². The first-order chi connectivity index (χ1) is 7.58. The van der Waals surface area contributed by atoms with E-state index in [1.165, 1.54) is 0 Å². The molecule has 1 aromatic carbocycles. The van der Waals surface area contributed by atoms with Crippen molar-refractivity contribution in [2.45, 2.75) is 13.0 Å². The second-order valence-electron chi connectivity index (χ2n) is 3.34. The van der Waals surface area contributed by atoms with Crippen LogP contribution in [0.3, 0.4) is 0 Å². The molecule has 1 atom stereocenters. The molecule has 0 aliphatic carbocycles. The fourth-order valence-corrected chi connectivity index (χ4v) is 1.42. The number of amides is 2. The van der Waals surface area contributed by atoms with Crippen molar-refractivity contribution in [2.24, 2.45) is 5.73 Å². The van der Waals surface area contributed by atoms with Crippen LogP contribution in [0, 0.1) is 0 Å². The van der Waals surface area contributed by atoms with E-state index in [-0.39, 0.29) is 6.04 Å². The molecule has 0 aromatic heterocycles. The zero-order chi connectivity index (χ0) is 12.1. The maximum atomic E-state index is 10.7. The van der Waals surface area contributed by atoms with Crippen LogP contribution in [-0.2, 0) is 0 Å². The maximum absolute atomic E-state index is 10.7. The zero-order valence-electron chi connectivity index (χ0n) is 9.61. The number of carbonyl (C=O) groups is 1. The number of carbonyl (C=O) groups excluding carboxylic acids is 1. The molecule has 0 saturated carbocycles. The average Bonchev–Trinajstić information content (AvgIpc) is 2.27. The maximum Gasteiger partial charge on any atom is 0.312 e. The number of ether oxygens (including phenoxy) is 2. The first-order valence-corrected chi connectivity index (χ1v) is 4.86. The Balaban J connectivity index is 2.93. The predicted octanol–water partition coefficient (Wildman–Crippen LogP) is 1.43. The second kappa shape index (κ2) is 5.25. The Kier molecular flexibility index (Phi) is 3.99. The van der Waals surface area contributed by atoms with Crippen molar-refractivity contribution in [3.63, 3.8) is 0 Å². The van der Waals surface area contributed by atoms with Crippen molar-refractivity contribution in [2.75, 3.05) is 14.2 Å². The molecule has 0 aliphatic rings. The normalized spacial score (nSPS) is 11.7. The van der Waals surface area contributed by atoms with E-state index in [2.05, 4.69) is 5.32 Å². The van der Waals surface area contributed by atoms with Crippen LogP contribution in [0.15, 0.2) is 18.2 Å². The third-order valence-electron chi connectivity index (χ3n) is 2.27. The molecule has 2 amide bonds. The highest BCUT2D eigenvalue weighted by molar-refractivity contribution is 5.72. The summed E-state index contributed by atoms with van der Waals surface area (Å²) in [6.45, 7) is 1.84. The quantitative estimate of drug-likeness (QED) is 0.812. The standard InChI is InChI=1S/C11H16N2O3/c1-7(13-11(12)14)8-4-5-9(15-2)10(6-8)16-3/h4-7H,1-3H3,(H3,12,13,14). The van der Waals surface area contributed by atoms with Gasteiger partial charge >= 0.3 is 6.03 Å². The van der Waals surface area contributed by atoms with Crippen LogP contribution in [0.1, 0.15) is 18.5 Å². The van der Waals surface area contributed by atoms with Crippen molar-refractivity contribution in [3.05, 3.63) is 23.8 Å². The lowest BCUT2D eigenvalue weighted by molar-refractivity contribution is 0.246. The van der Waals surface area contributed by atoms with Crippen LogP contribution in [0.25, 0.3) is 0 Å². The summed E-state index contributed by atoms with van der Waals surface area (Å²) in [6, 6.07) is 4.72. The van der Waals surface area contributed by atoms with Gasteiger partial charge in [-0.1, -0.05) is 6.07 Å². The summed E-state index contributed by atoms with van der Waals surface area (Å²) in [4.78, 5) is 10.7. The van der Waals surface area contributed by atoms with Gasteiger partial charge in [0.25, 0.3) is 0 Å². The summed E-state index contributed by atoms with van der Waals surface area (Å²) in [6.07, 6.45) is 0. The molecular weight excluding hydrogens is 208 g/mol. The van der Waals surface area contributed by atoms with Gasteiger partial charge in [-0.15, -0.1) is 0 Å². The molecule has 3 N–H and O–H groups in total. The molecule has 0 spiro atoms. The van der Waals surface area contributed by atoms with E-state index in [9.17, 15) is 4.79 Å². The fraction of sp³-hybridized carbons (Fsp3) is 0.364. The van der Waals surface area contributed by atoms with E-state index in [4.69, 9.17) is 15.2 Å². The van der Waals surface area contributed by atoms with Crippen LogP contribution >= 0.6 is 0 Å². The Labute approximate surface area is 94.5 Å². The Hall–Kier alpha value is -1.91. The van der Waals surface area contributed by atoms with Crippen molar-refractivity contribution in [3.8, 4) is 11.5 Å². The van der Waals surface area contributed by atoms with Crippen LogP contribution in [0.4, 0.5) is 4.79 Å². The lowest BCUT2D eigenvalue weighted by Gasteiger charge is -2.15. The first kappa shape index (κ1) is 12.2. The molecule has 1 aromatic rings. The largest absolute Gasteiger partial charge is 0.493 e. The molecule has 0 fully saturated rings. The zero-order valence-corrected chi connectivity index (χ0v) is 9.61. The third-order valence-corrected chi connectivity index (χ3v) is 2.27. The predicted molar refractivity (Wildman–Crippen MR) is 60.7 cm³/mol. The van der Waals surface area contributed by atoms with Gasteiger partial charge in [-0.25, -0.2) is 4.79 Å². The van der Waals surface area contributed by atoms with E-state index in [0.29, 0.717) is 11.5 Å². The SMILES string of the molecule is COc1ccc(C(C)NC(N)=O)cc1OC. The van der Waals surface area contributed by atoms with E-state index in [0.717, 1.165) is 5.56 Å². The summed E-state index contributed by atoms with van der Waals surface area (Å²) < 4.78 is 10.3. The minimum absolute atomic E-state index is 0.169. The van der Waals surface area contributed by atoms with Crippen molar-refractivity contribution < 1.29 is 14.3 Å². The number of rotatable bonds is 4. The van der Waals surface area contributed by atoms with Gasteiger partial charge < -0.3 is 20.5 Å². The molecule has 16 heavy (non-hydrogen) atoms. The lowest BCUT2D eigenvalue weighted by Crippen LogP contribution is -2.31. The number of hydrogen-bond donors (Lipinski definition) is 2. The number of benzene rings is 1. The average molecular weight is 224 g/mol. The molecule has 0 aliphatic heterocycles. The number of primary amides is 1. The van der Waals surface area contributed by atoms with Gasteiger partial charge in [-0.05, 0) is 24.6 Å². The van der Waals surface area contributed by atoms with E-state index >= 15 is 0 Å². The lowest BCUT2D eigenvalue weighted by atomic mass is 10.1. The fourth-order valence-electron chi connectivity index (χ4n) is 1.42. The summed E-state index contributed by atoms with van der Waals surface area (Å²) in [5.41, 5.74) is 5.95. The van der Waals surface area contributed by atoms with Crippen LogP contribution in [0.2, 0.25) is 0 Å².